The summed E-state index contributed by atoms with van der Waals surface area (Å²) in [6.07, 6.45) is 0.381. The predicted molar refractivity (Wildman–Crippen MR) is 79.3 cm³/mol. The number of rotatable bonds is 7. The number of esters is 1. The Bertz CT molecular complexity index is 513. The van der Waals surface area contributed by atoms with Crippen molar-refractivity contribution in [3.63, 3.8) is 0 Å². The molecule has 0 aliphatic heterocycles. The van der Waals surface area contributed by atoms with Gasteiger partial charge in [0.05, 0.1) is 13.5 Å². The van der Waals surface area contributed by atoms with E-state index in [1.54, 1.807) is 31.3 Å². The number of hydrogen-bond donors (Lipinski definition) is 0. The van der Waals surface area contributed by atoms with Crippen molar-refractivity contribution in [1.82, 2.24) is 4.90 Å². The zero-order valence-electron chi connectivity index (χ0n) is 12.1. The van der Waals surface area contributed by atoms with Crippen LogP contribution < -0.4 is 0 Å². The molecule has 0 N–H and O–H groups in total. The van der Waals surface area contributed by atoms with E-state index in [0.29, 0.717) is 10.6 Å². The Morgan fingerprint density at radius 2 is 1.71 bits per heavy atom. The molecule has 0 aromatic heterocycles. The van der Waals surface area contributed by atoms with E-state index in [2.05, 4.69) is 4.74 Å². The topological polar surface area (TPSA) is 63.7 Å². The van der Waals surface area contributed by atoms with Crippen LogP contribution in [0.25, 0.3) is 0 Å². The standard InChI is InChI=1S/C15H18ClNO4/c1-17(10-9-15(20)21-2)14(19)8-7-13(18)11-3-5-12(16)6-4-11/h3-6H,7-10H2,1-2H3. The average molecular weight is 312 g/mol. The van der Waals surface area contributed by atoms with Crippen LogP contribution in [0.1, 0.15) is 29.6 Å². The zero-order valence-corrected chi connectivity index (χ0v) is 12.9. The molecule has 21 heavy (non-hydrogen) atoms. The lowest BCUT2D eigenvalue weighted by Crippen LogP contribution is -2.29. The van der Waals surface area contributed by atoms with Gasteiger partial charge in [-0.15, -0.1) is 0 Å². The second kappa shape index (κ2) is 8.42. The van der Waals surface area contributed by atoms with Crippen LogP contribution in [0.2, 0.25) is 5.02 Å². The first kappa shape index (κ1) is 17.2. The lowest BCUT2D eigenvalue weighted by Gasteiger charge is -2.16. The summed E-state index contributed by atoms with van der Waals surface area (Å²) >= 11 is 5.75. The fourth-order valence-electron chi connectivity index (χ4n) is 1.68. The van der Waals surface area contributed by atoms with Gasteiger partial charge in [-0.3, -0.25) is 14.4 Å². The number of benzene rings is 1. The van der Waals surface area contributed by atoms with Crippen LogP contribution in [-0.2, 0) is 14.3 Å². The van der Waals surface area contributed by atoms with E-state index in [0.717, 1.165) is 0 Å². The Balaban J connectivity index is 2.39. The van der Waals surface area contributed by atoms with Crippen molar-refractivity contribution in [2.24, 2.45) is 0 Å². The first-order valence-corrected chi connectivity index (χ1v) is 6.91. The molecule has 5 nitrogen and oxygen atoms in total. The number of halogens is 1. The number of nitrogens with zero attached hydrogens (tertiary/aromatic N) is 1. The highest BCUT2D eigenvalue weighted by Crippen LogP contribution is 2.12. The second-order valence-electron chi connectivity index (χ2n) is 4.57. The SMILES string of the molecule is COC(=O)CCN(C)C(=O)CCC(=O)c1ccc(Cl)cc1. The molecule has 6 heteroatoms. The summed E-state index contributed by atoms with van der Waals surface area (Å²) in [4.78, 5) is 36.2. The molecule has 0 aliphatic carbocycles. The van der Waals surface area contributed by atoms with Crippen LogP contribution >= 0.6 is 11.6 Å². The number of ketones is 1. The lowest BCUT2D eigenvalue weighted by molar-refractivity contribution is -0.141. The molecular weight excluding hydrogens is 294 g/mol. The molecule has 0 saturated heterocycles. The van der Waals surface area contributed by atoms with Crippen molar-refractivity contribution in [2.45, 2.75) is 19.3 Å². The maximum atomic E-state index is 11.9. The summed E-state index contributed by atoms with van der Waals surface area (Å²) in [6.45, 7) is 0.278. The van der Waals surface area contributed by atoms with Gasteiger partial charge in [-0.05, 0) is 24.3 Å². The van der Waals surface area contributed by atoms with E-state index in [9.17, 15) is 14.4 Å². The molecule has 0 fully saturated rings. The van der Waals surface area contributed by atoms with Crippen LogP contribution in [0.15, 0.2) is 24.3 Å². The van der Waals surface area contributed by atoms with Gasteiger partial charge in [0.15, 0.2) is 5.78 Å². The van der Waals surface area contributed by atoms with E-state index < -0.39 is 0 Å². The quantitative estimate of drug-likeness (QED) is 0.572. The minimum atomic E-state index is -0.369. The largest absolute Gasteiger partial charge is 0.469 e. The molecule has 0 spiro atoms. The Hall–Kier alpha value is -1.88. The summed E-state index contributed by atoms with van der Waals surface area (Å²) in [5.41, 5.74) is 0.532. The molecule has 0 saturated carbocycles. The minimum absolute atomic E-state index is 0.110. The van der Waals surface area contributed by atoms with Gasteiger partial charge in [-0.25, -0.2) is 0 Å². The number of amides is 1. The zero-order chi connectivity index (χ0) is 15.8. The number of carbonyl (C=O) groups excluding carboxylic acids is 3. The van der Waals surface area contributed by atoms with Crippen molar-refractivity contribution in [2.75, 3.05) is 20.7 Å². The van der Waals surface area contributed by atoms with Crippen LogP contribution in [0.4, 0.5) is 0 Å². The van der Waals surface area contributed by atoms with Gasteiger partial charge in [0.2, 0.25) is 5.91 Å². The van der Waals surface area contributed by atoms with Gasteiger partial charge < -0.3 is 9.64 Å². The maximum Gasteiger partial charge on any atom is 0.307 e. The molecule has 0 bridgehead atoms. The third-order valence-corrected chi connectivity index (χ3v) is 3.29. The second-order valence-corrected chi connectivity index (χ2v) is 5.01. The highest BCUT2D eigenvalue weighted by molar-refractivity contribution is 6.30. The Morgan fingerprint density at radius 1 is 1.10 bits per heavy atom. The molecule has 1 amide bonds. The van der Waals surface area contributed by atoms with Gasteiger partial charge >= 0.3 is 5.97 Å². The van der Waals surface area contributed by atoms with Crippen LogP contribution in [0.5, 0.6) is 0 Å². The molecule has 1 aromatic carbocycles. The Morgan fingerprint density at radius 3 is 2.29 bits per heavy atom. The number of hydrogen-bond acceptors (Lipinski definition) is 4. The fraction of sp³-hybridized carbons (Fsp3) is 0.400. The minimum Gasteiger partial charge on any atom is -0.469 e. The fourth-order valence-corrected chi connectivity index (χ4v) is 1.80. The third-order valence-electron chi connectivity index (χ3n) is 3.04. The van der Waals surface area contributed by atoms with E-state index in [-0.39, 0.29) is 43.5 Å². The molecule has 0 atom stereocenters. The first-order valence-electron chi connectivity index (χ1n) is 6.53. The number of ether oxygens (including phenoxy) is 1. The highest BCUT2D eigenvalue weighted by atomic mass is 35.5. The number of carbonyl (C=O) groups is 3. The molecule has 1 rings (SSSR count). The van der Waals surface area contributed by atoms with Gasteiger partial charge in [0.25, 0.3) is 0 Å². The van der Waals surface area contributed by atoms with Crippen molar-refractivity contribution in [3.8, 4) is 0 Å². The predicted octanol–water partition coefficient (Wildman–Crippen LogP) is 2.32. The molecule has 0 unspecified atom stereocenters. The van der Waals surface area contributed by atoms with E-state index in [4.69, 9.17) is 11.6 Å². The summed E-state index contributed by atoms with van der Waals surface area (Å²) in [7, 11) is 2.90. The van der Waals surface area contributed by atoms with Crippen LogP contribution in [-0.4, -0.2) is 43.3 Å². The third kappa shape index (κ3) is 5.95. The van der Waals surface area contributed by atoms with Crippen LogP contribution in [0, 0.1) is 0 Å². The lowest BCUT2D eigenvalue weighted by atomic mass is 10.1. The van der Waals surface area contributed by atoms with E-state index >= 15 is 0 Å². The molecule has 114 valence electrons. The molecule has 0 radical (unpaired) electrons. The van der Waals surface area contributed by atoms with E-state index in [1.807, 2.05) is 0 Å². The molecule has 0 heterocycles. The van der Waals surface area contributed by atoms with Gasteiger partial charge in [0, 0.05) is 37.0 Å². The van der Waals surface area contributed by atoms with Crippen molar-refractivity contribution >= 4 is 29.3 Å². The summed E-state index contributed by atoms with van der Waals surface area (Å²) in [6, 6.07) is 6.55. The average Bonchev–Trinajstić information content (AvgIpc) is 2.50. The van der Waals surface area contributed by atoms with Crippen molar-refractivity contribution in [3.05, 3.63) is 34.9 Å². The van der Waals surface area contributed by atoms with Crippen LogP contribution in [0.3, 0.4) is 0 Å². The summed E-state index contributed by atoms with van der Waals surface area (Å²) < 4.78 is 4.50. The monoisotopic (exact) mass is 311 g/mol. The highest BCUT2D eigenvalue weighted by Gasteiger charge is 2.13. The summed E-state index contributed by atoms with van der Waals surface area (Å²) in [5, 5.41) is 0.560. The molecule has 1 aromatic rings. The summed E-state index contributed by atoms with van der Waals surface area (Å²) in [5.74, 6) is -0.658. The van der Waals surface area contributed by atoms with Gasteiger partial charge in [-0.2, -0.15) is 0 Å². The number of methoxy groups -OCH3 is 1. The molecule has 0 aliphatic rings. The molecular formula is C15H18ClNO4. The maximum absolute atomic E-state index is 11.9. The van der Waals surface area contributed by atoms with Crippen molar-refractivity contribution < 1.29 is 19.1 Å². The van der Waals surface area contributed by atoms with Gasteiger partial charge in [-0.1, -0.05) is 11.6 Å². The Kier molecular flexibility index (Phi) is 6.88. The first-order chi connectivity index (χ1) is 9.93. The Labute approximate surface area is 128 Å². The van der Waals surface area contributed by atoms with Gasteiger partial charge in [0.1, 0.15) is 0 Å². The van der Waals surface area contributed by atoms with Crippen molar-refractivity contribution in [1.29, 1.82) is 0 Å². The van der Waals surface area contributed by atoms with E-state index in [1.165, 1.54) is 12.0 Å². The smallest absolute Gasteiger partial charge is 0.307 e. The normalized spacial score (nSPS) is 10.0. The number of Topliss-reactive ketones (excluding diaryl/α,β-unsaturated/α-hetero) is 1.